The summed E-state index contributed by atoms with van der Waals surface area (Å²) < 4.78 is 122. The van der Waals surface area contributed by atoms with Crippen molar-refractivity contribution in [3.05, 3.63) is 0 Å². The summed E-state index contributed by atoms with van der Waals surface area (Å²) in [4.78, 5) is 10.3. The molecule has 18 heavy (non-hydrogen) atoms. The lowest BCUT2D eigenvalue weighted by molar-refractivity contribution is -0.140. The molecular weight excluding hydrogens is 334 g/mol. The zero-order valence-electron chi connectivity index (χ0n) is 8.20. The molecule has 0 aromatic carbocycles. The second kappa shape index (κ2) is 2.81. The number of ether oxygens (including phenoxy) is 1. The molecule has 0 saturated carbocycles. The Morgan fingerprint density at radius 2 is 1.28 bits per heavy atom. The Balaban J connectivity index is 5.87. The third-order valence-corrected chi connectivity index (χ3v) is 4.08. The van der Waals surface area contributed by atoms with Gasteiger partial charge in [-0.3, -0.25) is 4.79 Å². The van der Waals surface area contributed by atoms with Crippen molar-refractivity contribution in [1.29, 1.82) is 0 Å². The van der Waals surface area contributed by atoms with Crippen LogP contribution in [0.15, 0.2) is 0 Å². The van der Waals surface area contributed by atoms with E-state index in [4.69, 9.17) is 0 Å². The number of rotatable bonds is 4. The maximum absolute atomic E-state index is 12.1. The topological polar surface area (TPSA) is 26.3 Å². The maximum atomic E-state index is 12.1. The van der Waals surface area contributed by atoms with Gasteiger partial charge in [-0.05, 0) is 0 Å². The normalized spacial score (nSPS) is 23.1. The molecule has 0 radical (unpaired) electrons. The van der Waals surface area contributed by atoms with Crippen LogP contribution in [0.4, 0.5) is 38.9 Å². The summed E-state index contributed by atoms with van der Waals surface area (Å²) in [5.74, 6) is -7.41. The Kier molecular flexibility index (Phi) is 2.72. The molecule has 0 aliphatic carbocycles. The maximum Gasteiger partial charge on any atom is 0.329 e. The van der Waals surface area contributed by atoms with Crippen LogP contribution in [0, 0.1) is 0 Å². The van der Waals surface area contributed by atoms with E-state index in [1.165, 1.54) is 0 Å². The predicted molar refractivity (Wildman–Crippen MR) is 46.9 cm³/mol. The number of carbonyl (C=O) groups is 1. The molecule has 116 valence electrons. The molecule has 0 rings (SSSR count). The second-order valence-electron chi connectivity index (χ2n) is 3.34. The molecular formula is C4H6F10O2S2. The Morgan fingerprint density at radius 3 is 1.44 bits per heavy atom. The van der Waals surface area contributed by atoms with Crippen molar-refractivity contribution in [3.63, 3.8) is 0 Å². The van der Waals surface area contributed by atoms with Gasteiger partial charge >= 0.3 is 5.97 Å². The van der Waals surface area contributed by atoms with Crippen LogP contribution in [-0.2, 0) is 9.53 Å². The Morgan fingerprint density at radius 1 is 0.944 bits per heavy atom. The molecule has 0 saturated heterocycles. The molecule has 0 N–H and O–H groups in total. The van der Waals surface area contributed by atoms with E-state index in [1.54, 1.807) is 0 Å². The zero-order valence-corrected chi connectivity index (χ0v) is 9.83. The second-order valence-corrected chi connectivity index (χ2v) is 8.55. The van der Waals surface area contributed by atoms with E-state index < -0.39 is 37.4 Å². The third kappa shape index (κ3) is 6.42. The Hall–Kier alpha value is -0.530. The number of hydrogen-bond donors (Lipinski definition) is 0. The van der Waals surface area contributed by atoms with Crippen LogP contribution in [0.3, 0.4) is 0 Å². The Bertz CT molecular complexity index is 376. The first-order chi connectivity index (χ1) is 7.04. The first-order valence-electron chi connectivity index (χ1n) is 3.58. The zero-order chi connectivity index (χ0) is 15.4. The van der Waals surface area contributed by atoms with Crippen molar-refractivity contribution in [1.82, 2.24) is 0 Å². The van der Waals surface area contributed by atoms with Gasteiger partial charge in [0, 0.05) is 0 Å². The number of esters is 1. The van der Waals surface area contributed by atoms with Gasteiger partial charge in [-0.1, -0.05) is 38.9 Å². The van der Waals surface area contributed by atoms with Crippen molar-refractivity contribution in [2.24, 2.45) is 0 Å². The van der Waals surface area contributed by atoms with Gasteiger partial charge in [0.1, 0.15) is 5.75 Å². The first-order valence-corrected chi connectivity index (χ1v) is 7.72. The first kappa shape index (κ1) is 17.5. The molecule has 0 amide bonds. The standard InChI is InChI=1S/C4H6F10O2S2/c1-16-4(15)3(18(10,11,12,13)14)2-17(5,6,7,8)9/h3H,2H2,1H3. The molecule has 14 heteroatoms. The van der Waals surface area contributed by atoms with E-state index in [2.05, 4.69) is 4.74 Å². The van der Waals surface area contributed by atoms with Crippen LogP contribution in [0.5, 0.6) is 0 Å². The fraction of sp³-hybridized carbons (Fsp3) is 0.750. The predicted octanol–water partition coefficient (Wildman–Crippen LogP) is 5.13. The summed E-state index contributed by atoms with van der Waals surface area (Å²) in [6.45, 7) is 0. The van der Waals surface area contributed by atoms with Gasteiger partial charge in [0.2, 0.25) is 5.25 Å². The van der Waals surface area contributed by atoms with Crippen LogP contribution < -0.4 is 0 Å². The average molecular weight is 340 g/mol. The summed E-state index contributed by atoms with van der Waals surface area (Å²) >= 11 is 0. The van der Waals surface area contributed by atoms with E-state index in [-0.39, 0.29) is 7.11 Å². The molecule has 0 fully saturated rings. The smallest absolute Gasteiger partial charge is 0.329 e. The van der Waals surface area contributed by atoms with E-state index in [0.717, 1.165) is 0 Å². The molecule has 0 aromatic rings. The number of halogens is 10. The number of hydrogen-bond acceptors (Lipinski definition) is 2. The molecule has 0 bridgehead atoms. The minimum atomic E-state index is -11.1. The lowest BCUT2D eigenvalue weighted by atomic mass is 10.5. The van der Waals surface area contributed by atoms with Gasteiger partial charge in [0.15, 0.2) is 0 Å². The summed E-state index contributed by atoms with van der Waals surface area (Å²) in [7, 11) is -22.0. The van der Waals surface area contributed by atoms with Crippen LogP contribution >= 0.6 is 20.4 Å². The highest BCUT2D eigenvalue weighted by Crippen LogP contribution is 3.05. The summed E-state index contributed by atoms with van der Waals surface area (Å²) in [6, 6.07) is 0. The van der Waals surface area contributed by atoms with E-state index >= 15 is 0 Å². The molecule has 1 unspecified atom stereocenters. The highest BCUT2D eigenvalue weighted by Gasteiger charge is 2.80. The van der Waals surface area contributed by atoms with Gasteiger partial charge < -0.3 is 4.74 Å². The highest BCUT2D eigenvalue weighted by atomic mass is 32.5. The molecule has 1 atom stereocenters. The summed E-state index contributed by atoms with van der Waals surface area (Å²) in [6.07, 6.45) is 0. The molecule has 0 spiro atoms. The monoisotopic (exact) mass is 340 g/mol. The van der Waals surface area contributed by atoms with Crippen molar-refractivity contribution < 1.29 is 48.4 Å². The van der Waals surface area contributed by atoms with Crippen molar-refractivity contribution in [3.8, 4) is 0 Å². The van der Waals surface area contributed by atoms with Gasteiger partial charge in [0.05, 0.1) is 7.11 Å². The quantitative estimate of drug-likeness (QED) is 0.524. The lowest BCUT2D eigenvalue weighted by Gasteiger charge is -2.50. The van der Waals surface area contributed by atoms with Crippen molar-refractivity contribution in [2.45, 2.75) is 5.25 Å². The summed E-state index contributed by atoms with van der Waals surface area (Å²) in [5.41, 5.74) is 0. The molecule has 0 heterocycles. The van der Waals surface area contributed by atoms with Gasteiger partial charge in [-0.25, -0.2) is 0 Å². The van der Waals surface area contributed by atoms with Gasteiger partial charge in [-0.15, -0.1) is 0 Å². The fourth-order valence-electron chi connectivity index (χ4n) is 0.796. The van der Waals surface area contributed by atoms with E-state index in [9.17, 15) is 43.7 Å². The van der Waals surface area contributed by atoms with Crippen LogP contribution in [0.2, 0.25) is 0 Å². The van der Waals surface area contributed by atoms with Crippen molar-refractivity contribution >= 4 is 26.4 Å². The van der Waals surface area contributed by atoms with E-state index in [1.807, 2.05) is 0 Å². The lowest BCUT2D eigenvalue weighted by Crippen LogP contribution is -2.41. The highest BCUT2D eigenvalue weighted by molar-refractivity contribution is 8.49. The van der Waals surface area contributed by atoms with Crippen LogP contribution in [0.1, 0.15) is 0 Å². The van der Waals surface area contributed by atoms with Crippen LogP contribution in [0.25, 0.3) is 0 Å². The average Bonchev–Trinajstić information content (AvgIpc) is 1.90. The minimum absolute atomic E-state index is 0.0598. The largest absolute Gasteiger partial charge is 0.468 e. The minimum Gasteiger partial charge on any atom is -0.468 e. The molecule has 0 aromatic heterocycles. The molecule has 0 aliphatic rings. The van der Waals surface area contributed by atoms with Crippen LogP contribution in [-0.4, -0.2) is 24.1 Å². The summed E-state index contributed by atoms with van der Waals surface area (Å²) in [5, 5.41) is -5.23. The van der Waals surface area contributed by atoms with Crippen molar-refractivity contribution in [2.75, 3.05) is 12.9 Å². The molecule has 2 nitrogen and oxygen atoms in total. The number of methoxy groups -OCH3 is 1. The SMILES string of the molecule is COC(=O)C(CS(F)(F)(F)(F)F)S(F)(F)(F)(F)F. The Labute approximate surface area is 93.7 Å². The van der Waals surface area contributed by atoms with Gasteiger partial charge in [0.25, 0.3) is 20.4 Å². The fourth-order valence-corrected chi connectivity index (χ4v) is 3.76. The number of carbonyl (C=O) groups excluding carboxylic acids is 1. The van der Waals surface area contributed by atoms with E-state index in [0.29, 0.717) is 0 Å². The third-order valence-electron chi connectivity index (χ3n) is 1.47. The van der Waals surface area contributed by atoms with Gasteiger partial charge in [-0.2, -0.15) is 0 Å². The molecule has 0 aliphatic heterocycles.